The van der Waals surface area contributed by atoms with Crippen molar-refractivity contribution in [3.8, 4) is 0 Å². The molecule has 0 saturated carbocycles. The van der Waals surface area contributed by atoms with E-state index >= 15 is 0 Å². The maximum atomic E-state index is 12.3. The Morgan fingerprint density at radius 1 is 1.40 bits per heavy atom. The third kappa shape index (κ3) is 2.54. The molecule has 20 heavy (non-hydrogen) atoms. The summed E-state index contributed by atoms with van der Waals surface area (Å²) < 4.78 is 25.8. The van der Waals surface area contributed by atoms with Crippen LogP contribution in [-0.2, 0) is 10.0 Å². The van der Waals surface area contributed by atoms with E-state index in [1.54, 1.807) is 0 Å². The first-order valence-corrected chi connectivity index (χ1v) is 7.70. The Morgan fingerprint density at radius 2 is 2.00 bits per heavy atom. The summed E-state index contributed by atoms with van der Waals surface area (Å²) in [6.07, 6.45) is 1.26. The van der Waals surface area contributed by atoms with Gasteiger partial charge in [-0.15, -0.1) is 0 Å². The van der Waals surface area contributed by atoms with Crippen molar-refractivity contribution in [1.29, 1.82) is 0 Å². The number of para-hydroxylation sites is 1. The predicted octanol–water partition coefficient (Wildman–Crippen LogP) is 1.13. The molecule has 0 radical (unpaired) electrons. The molecule has 2 rings (SSSR count). The van der Waals surface area contributed by atoms with Crippen LogP contribution < -0.4 is 0 Å². The van der Waals surface area contributed by atoms with Crippen molar-refractivity contribution < 1.29 is 18.4 Å². The molecule has 0 amide bonds. The fraction of sp³-hybridized carbons (Fsp3) is 0.500. The molecule has 1 N–H and O–H groups in total. The van der Waals surface area contributed by atoms with Gasteiger partial charge in [0.15, 0.2) is 4.90 Å². The highest BCUT2D eigenvalue weighted by Gasteiger charge is 2.47. The number of hydrogen-bond acceptors (Lipinski definition) is 5. The number of β-amino-alcohol motifs (C(OH)–C–C–N with tert-alkyl or cyclic N) is 1. The van der Waals surface area contributed by atoms with Gasteiger partial charge in [-0.1, -0.05) is 25.5 Å². The average molecular weight is 300 g/mol. The Bertz CT molecular complexity index is 622. The highest BCUT2D eigenvalue weighted by Crippen LogP contribution is 2.34. The zero-order valence-corrected chi connectivity index (χ0v) is 11.8. The summed E-state index contributed by atoms with van der Waals surface area (Å²) in [6.45, 7) is 1.86. The van der Waals surface area contributed by atoms with Gasteiger partial charge in [-0.3, -0.25) is 10.1 Å². The lowest BCUT2D eigenvalue weighted by Gasteiger charge is -2.45. The second kappa shape index (κ2) is 5.12. The van der Waals surface area contributed by atoms with E-state index < -0.39 is 26.2 Å². The number of nitrogens with zero attached hydrogens (tertiary/aromatic N) is 2. The number of benzene rings is 1. The van der Waals surface area contributed by atoms with Gasteiger partial charge in [0.2, 0.25) is 10.0 Å². The minimum atomic E-state index is -3.94. The highest BCUT2D eigenvalue weighted by molar-refractivity contribution is 7.89. The first-order valence-electron chi connectivity index (χ1n) is 6.26. The van der Waals surface area contributed by atoms with E-state index in [0.717, 1.165) is 16.8 Å². The Morgan fingerprint density at radius 3 is 2.55 bits per heavy atom. The fourth-order valence-electron chi connectivity index (χ4n) is 2.37. The molecular formula is C12H16N2O5S. The van der Waals surface area contributed by atoms with Gasteiger partial charge < -0.3 is 5.11 Å². The van der Waals surface area contributed by atoms with Gasteiger partial charge in [-0.2, -0.15) is 4.31 Å². The smallest absolute Gasteiger partial charge is 0.289 e. The summed E-state index contributed by atoms with van der Waals surface area (Å²) >= 11 is 0. The van der Waals surface area contributed by atoms with Crippen molar-refractivity contribution in [2.24, 2.45) is 0 Å². The molecule has 1 heterocycles. The summed E-state index contributed by atoms with van der Waals surface area (Å²) in [5.74, 6) is 0. The van der Waals surface area contributed by atoms with Gasteiger partial charge in [0.05, 0.1) is 10.5 Å². The van der Waals surface area contributed by atoms with Gasteiger partial charge in [0, 0.05) is 19.2 Å². The van der Waals surface area contributed by atoms with E-state index in [4.69, 9.17) is 0 Å². The maximum Gasteiger partial charge on any atom is 0.289 e. The van der Waals surface area contributed by atoms with E-state index in [-0.39, 0.29) is 18.0 Å². The topological polar surface area (TPSA) is 101 Å². The van der Waals surface area contributed by atoms with Crippen LogP contribution in [0.4, 0.5) is 5.69 Å². The normalized spacial score (nSPS) is 18.5. The molecule has 1 fully saturated rings. The van der Waals surface area contributed by atoms with E-state index in [9.17, 15) is 23.6 Å². The van der Waals surface area contributed by atoms with Crippen LogP contribution >= 0.6 is 0 Å². The van der Waals surface area contributed by atoms with Crippen molar-refractivity contribution in [3.05, 3.63) is 34.4 Å². The molecule has 0 aliphatic carbocycles. The van der Waals surface area contributed by atoms with Crippen LogP contribution in [0, 0.1) is 10.1 Å². The summed E-state index contributed by atoms with van der Waals surface area (Å²) in [7, 11) is -3.94. The molecule has 0 unspecified atom stereocenters. The molecule has 0 spiro atoms. The summed E-state index contributed by atoms with van der Waals surface area (Å²) in [6, 6.07) is 5.23. The predicted molar refractivity (Wildman–Crippen MR) is 71.7 cm³/mol. The first-order chi connectivity index (χ1) is 9.30. The molecule has 1 aliphatic heterocycles. The number of hydrogen-bond donors (Lipinski definition) is 1. The van der Waals surface area contributed by atoms with Crippen molar-refractivity contribution in [1.82, 2.24) is 4.31 Å². The lowest BCUT2D eigenvalue weighted by molar-refractivity contribution is -0.387. The zero-order chi connectivity index (χ0) is 15.0. The number of sulfonamides is 1. The fourth-order valence-corrected chi connectivity index (χ4v) is 4.12. The van der Waals surface area contributed by atoms with Crippen LogP contribution in [0.25, 0.3) is 0 Å². The maximum absolute atomic E-state index is 12.3. The number of rotatable bonds is 5. The zero-order valence-electron chi connectivity index (χ0n) is 11.0. The molecule has 1 aromatic carbocycles. The summed E-state index contributed by atoms with van der Waals surface area (Å²) in [4.78, 5) is 9.85. The molecule has 8 heteroatoms. The third-order valence-corrected chi connectivity index (χ3v) is 5.18. The van der Waals surface area contributed by atoms with Crippen molar-refractivity contribution in [2.75, 3.05) is 13.1 Å². The molecule has 0 bridgehead atoms. The minimum Gasteiger partial charge on any atom is -0.387 e. The number of nitro groups is 1. The Labute approximate surface area is 117 Å². The van der Waals surface area contributed by atoms with Gasteiger partial charge in [0.1, 0.15) is 0 Å². The van der Waals surface area contributed by atoms with E-state index in [2.05, 4.69) is 0 Å². The van der Waals surface area contributed by atoms with Crippen molar-refractivity contribution in [2.45, 2.75) is 30.3 Å². The van der Waals surface area contributed by atoms with Gasteiger partial charge in [-0.25, -0.2) is 8.42 Å². The lowest BCUT2D eigenvalue weighted by atomic mass is 9.92. The quantitative estimate of drug-likeness (QED) is 0.649. The van der Waals surface area contributed by atoms with Crippen LogP contribution in [0.3, 0.4) is 0 Å². The Kier molecular flexibility index (Phi) is 3.81. The highest BCUT2D eigenvalue weighted by atomic mass is 32.2. The second-order valence-electron chi connectivity index (χ2n) is 4.97. The number of nitro benzene ring substituents is 1. The Hall–Kier alpha value is -1.51. The Balaban J connectivity index is 2.28. The standard InChI is InChI=1S/C12H16N2O5S/c1-2-7-12(15)8-13(9-12)20(18,19)11-6-4-3-5-10(11)14(16)17/h3-6,15H,2,7-9H2,1H3. The summed E-state index contributed by atoms with van der Waals surface area (Å²) in [5, 5.41) is 20.9. The van der Waals surface area contributed by atoms with Crippen molar-refractivity contribution in [3.63, 3.8) is 0 Å². The van der Waals surface area contributed by atoms with Crippen LogP contribution in [0.1, 0.15) is 19.8 Å². The second-order valence-corrected chi connectivity index (χ2v) is 6.88. The lowest BCUT2D eigenvalue weighted by Crippen LogP contribution is -2.63. The van der Waals surface area contributed by atoms with Crippen molar-refractivity contribution >= 4 is 15.7 Å². The average Bonchev–Trinajstić information content (AvgIpc) is 2.36. The van der Waals surface area contributed by atoms with E-state index in [0.29, 0.717) is 6.42 Å². The molecule has 1 saturated heterocycles. The van der Waals surface area contributed by atoms with Crippen LogP contribution in [-0.4, -0.2) is 41.4 Å². The van der Waals surface area contributed by atoms with E-state index in [1.165, 1.54) is 18.2 Å². The molecule has 110 valence electrons. The van der Waals surface area contributed by atoms with E-state index in [1.807, 2.05) is 6.92 Å². The molecule has 0 atom stereocenters. The first kappa shape index (κ1) is 14.9. The monoisotopic (exact) mass is 300 g/mol. The third-order valence-electron chi connectivity index (χ3n) is 3.34. The summed E-state index contributed by atoms with van der Waals surface area (Å²) in [5.41, 5.74) is -1.45. The largest absolute Gasteiger partial charge is 0.387 e. The molecule has 1 aromatic rings. The van der Waals surface area contributed by atoms with Crippen LogP contribution in [0.5, 0.6) is 0 Å². The minimum absolute atomic E-state index is 0.0186. The molecule has 0 aromatic heterocycles. The SMILES string of the molecule is CCCC1(O)CN(S(=O)(=O)c2ccccc2[N+](=O)[O-])C1. The van der Waals surface area contributed by atoms with Gasteiger partial charge >= 0.3 is 0 Å². The molecule has 7 nitrogen and oxygen atoms in total. The van der Waals surface area contributed by atoms with Gasteiger partial charge in [-0.05, 0) is 12.5 Å². The van der Waals surface area contributed by atoms with Crippen LogP contribution in [0.2, 0.25) is 0 Å². The van der Waals surface area contributed by atoms with Gasteiger partial charge in [0.25, 0.3) is 5.69 Å². The number of aliphatic hydroxyl groups is 1. The van der Waals surface area contributed by atoms with Crippen LogP contribution in [0.15, 0.2) is 29.2 Å². The molecule has 1 aliphatic rings. The molecular weight excluding hydrogens is 284 g/mol.